The standard InChI is InChI=1S/C42H26N2O/c1-3-14-36-32(9-1)33-10-2-4-15-37(33)43(36)30-25-23-28(24-26-30)27-19-21-29(22-20-27)31-11-7-12-34-35-13-8-18-40-42(35)44(41(31)34)38-16-5-6-17-39(38)45-40/h1-26H. The van der Waals surface area contributed by atoms with Crippen molar-refractivity contribution >= 4 is 43.6 Å². The van der Waals surface area contributed by atoms with Crippen LogP contribution in [0.15, 0.2) is 158 Å². The number of aromatic nitrogens is 2. The highest BCUT2D eigenvalue weighted by Gasteiger charge is 2.25. The van der Waals surface area contributed by atoms with Crippen molar-refractivity contribution in [2.45, 2.75) is 0 Å². The first-order chi connectivity index (χ1) is 22.3. The lowest BCUT2D eigenvalue weighted by Crippen LogP contribution is -2.04. The molecule has 0 saturated carbocycles. The van der Waals surface area contributed by atoms with Gasteiger partial charge in [-0.15, -0.1) is 0 Å². The van der Waals surface area contributed by atoms with E-state index in [0.717, 1.165) is 28.4 Å². The van der Waals surface area contributed by atoms with E-state index in [1.54, 1.807) is 0 Å². The van der Waals surface area contributed by atoms with Gasteiger partial charge in [-0.1, -0.05) is 115 Å². The predicted octanol–water partition coefficient (Wildman–Crippen LogP) is 11.3. The second-order valence-electron chi connectivity index (χ2n) is 11.8. The number of rotatable bonds is 3. The summed E-state index contributed by atoms with van der Waals surface area (Å²) in [6.45, 7) is 0. The summed E-state index contributed by atoms with van der Waals surface area (Å²) in [5, 5.41) is 4.99. The Morgan fingerprint density at radius 1 is 0.356 bits per heavy atom. The molecule has 0 atom stereocenters. The third-order valence-electron chi connectivity index (χ3n) is 9.33. The smallest absolute Gasteiger partial charge is 0.152 e. The van der Waals surface area contributed by atoms with Crippen LogP contribution in [0.25, 0.3) is 77.2 Å². The second-order valence-corrected chi connectivity index (χ2v) is 11.8. The summed E-state index contributed by atoms with van der Waals surface area (Å²) < 4.78 is 11.1. The zero-order valence-corrected chi connectivity index (χ0v) is 24.3. The lowest BCUT2D eigenvalue weighted by Gasteiger charge is -2.21. The van der Waals surface area contributed by atoms with E-state index in [1.807, 2.05) is 12.1 Å². The lowest BCUT2D eigenvalue weighted by atomic mass is 9.98. The summed E-state index contributed by atoms with van der Waals surface area (Å²) >= 11 is 0. The van der Waals surface area contributed by atoms with Crippen molar-refractivity contribution in [3.63, 3.8) is 0 Å². The van der Waals surface area contributed by atoms with Gasteiger partial charge in [0.25, 0.3) is 0 Å². The minimum absolute atomic E-state index is 0.879. The zero-order valence-electron chi connectivity index (χ0n) is 24.3. The molecule has 10 rings (SSSR count). The summed E-state index contributed by atoms with van der Waals surface area (Å²) in [4.78, 5) is 0. The Kier molecular flexibility index (Phi) is 5.00. The molecular weight excluding hydrogens is 548 g/mol. The topological polar surface area (TPSA) is 19.1 Å². The Bertz CT molecular complexity index is 2550. The van der Waals surface area contributed by atoms with Crippen molar-refractivity contribution < 1.29 is 4.74 Å². The van der Waals surface area contributed by atoms with Gasteiger partial charge in [0.1, 0.15) is 0 Å². The van der Waals surface area contributed by atoms with Crippen LogP contribution in [-0.4, -0.2) is 9.13 Å². The lowest BCUT2D eigenvalue weighted by molar-refractivity contribution is 0.476. The Morgan fingerprint density at radius 3 is 1.62 bits per heavy atom. The Labute approximate surface area is 259 Å². The maximum absolute atomic E-state index is 6.34. The number of nitrogens with zero attached hydrogens (tertiary/aromatic N) is 2. The third kappa shape index (κ3) is 3.46. The molecule has 0 amide bonds. The van der Waals surface area contributed by atoms with Crippen molar-refractivity contribution in [3.8, 4) is 45.1 Å². The van der Waals surface area contributed by atoms with Gasteiger partial charge in [0, 0.05) is 32.8 Å². The molecule has 0 radical (unpaired) electrons. The molecule has 0 bridgehead atoms. The quantitative estimate of drug-likeness (QED) is 0.205. The average Bonchev–Trinajstić information content (AvgIpc) is 3.63. The highest BCUT2D eigenvalue weighted by atomic mass is 16.5. The molecule has 1 aliphatic rings. The van der Waals surface area contributed by atoms with E-state index in [-0.39, 0.29) is 0 Å². The second kappa shape index (κ2) is 9.22. The van der Waals surface area contributed by atoms with Crippen molar-refractivity contribution in [2.24, 2.45) is 0 Å². The zero-order chi connectivity index (χ0) is 29.5. The molecule has 9 aromatic rings. The van der Waals surface area contributed by atoms with Crippen LogP contribution in [-0.2, 0) is 0 Å². The summed E-state index contributed by atoms with van der Waals surface area (Å²) in [6.07, 6.45) is 0. The highest BCUT2D eigenvalue weighted by Crippen LogP contribution is 2.47. The minimum atomic E-state index is 0.879. The van der Waals surface area contributed by atoms with Gasteiger partial charge in [0.05, 0.1) is 27.8 Å². The average molecular weight is 575 g/mol. The molecule has 2 aromatic heterocycles. The van der Waals surface area contributed by atoms with Crippen molar-refractivity contribution in [1.29, 1.82) is 0 Å². The van der Waals surface area contributed by atoms with Crippen molar-refractivity contribution in [1.82, 2.24) is 9.13 Å². The first kappa shape index (κ1) is 24.4. The van der Waals surface area contributed by atoms with Gasteiger partial charge >= 0.3 is 0 Å². The summed E-state index contributed by atoms with van der Waals surface area (Å²) in [6, 6.07) is 56.5. The van der Waals surface area contributed by atoms with Crippen LogP contribution in [0.2, 0.25) is 0 Å². The normalized spacial score (nSPS) is 12.2. The van der Waals surface area contributed by atoms with Gasteiger partial charge in [-0.3, -0.25) is 0 Å². The van der Waals surface area contributed by atoms with E-state index in [2.05, 4.69) is 155 Å². The molecule has 7 aromatic carbocycles. The summed E-state index contributed by atoms with van der Waals surface area (Å²) in [5.74, 6) is 1.78. The third-order valence-corrected chi connectivity index (χ3v) is 9.33. The van der Waals surface area contributed by atoms with Crippen LogP contribution >= 0.6 is 0 Å². The molecule has 0 aliphatic carbocycles. The van der Waals surface area contributed by atoms with E-state index in [4.69, 9.17) is 4.74 Å². The number of para-hydroxylation sites is 6. The summed E-state index contributed by atoms with van der Waals surface area (Å²) in [7, 11) is 0. The molecule has 210 valence electrons. The van der Waals surface area contributed by atoms with E-state index in [1.165, 1.54) is 60.3 Å². The van der Waals surface area contributed by atoms with Gasteiger partial charge in [0.15, 0.2) is 11.5 Å². The molecule has 1 aliphatic heterocycles. The fourth-order valence-corrected chi connectivity index (χ4v) is 7.33. The van der Waals surface area contributed by atoms with Crippen LogP contribution in [0.3, 0.4) is 0 Å². The monoisotopic (exact) mass is 574 g/mol. The van der Waals surface area contributed by atoms with Gasteiger partial charge in [-0.05, 0) is 59.2 Å². The summed E-state index contributed by atoms with van der Waals surface area (Å²) in [5.41, 5.74) is 11.8. The molecule has 3 nitrogen and oxygen atoms in total. The SMILES string of the molecule is c1ccc2c(c1)Oc1cccc3c4cccc(-c5ccc(-c6ccc(-n7c8ccccc8c8ccccc87)cc6)cc5)c4n-2c13. The van der Waals surface area contributed by atoms with Crippen LogP contribution < -0.4 is 4.74 Å². The minimum Gasteiger partial charge on any atom is -0.453 e. The fraction of sp³-hybridized carbons (Fsp3) is 0. The van der Waals surface area contributed by atoms with Gasteiger partial charge in [-0.25, -0.2) is 0 Å². The van der Waals surface area contributed by atoms with Crippen LogP contribution in [0, 0.1) is 0 Å². The Morgan fingerprint density at radius 2 is 0.889 bits per heavy atom. The molecule has 0 N–H and O–H groups in total. The van der Waals surface area contributed by atoms with E-state index < -0.39 is 0 Å². The molecule has 0 unspecified atom stereocenters. The van der Waals surface area contributed by atoms with Gasteiger partial charge < -0.3 is 13.9 Å². The molecule has 0 spiro atoms. The first-order valence-electron chi connectivity index (χ1n) is 15.4. The molecule has 0 fully saturated rings. The molecule has 0 saturated heterocycles. The van der Waals surface area contributed by atoms with Crippen molar-refractivity contribution in [3.05, 3.63) is 158 Å². The van der Waals surface area contributed by atoms with Crippen LogP contribution in [0.4, 0.5) is 0 Å². The number of ether oxygens (including phenoxy) is 1. The van der Waals surface area contributed by atoms with Crippen LogP contribution in [0.1, 0.15) is 0 Å². The number of hydrogen-bond acceptors (Lipinski definition) is 1. The predicted molar refractivity (Wildman–Crippen MR) is 186 cm³/mol. The number of hydrogen-bond donors (Lipinski definition) is 0. The number of benzene rings is 7. The van der Waals surface area contributed by atoms with Gasteiger partial charge in [-0.2, -0.15) is 0 Å². The first-order valence-corrected chi connectivity index (χ1v) is 15.4. The molecule has 3 heterocycles. The number of fused-ring (bicyclic) bond motifs is 8. The van der Waals surface area contributed by atoms with E-state index in [0.29, 0.717) is 0 Å². The largest absolute Gasteiger partial charge is 0.453 e. The van der Waals surface area contributed by atoms with Gasteiger partial charge in [0.2, 0.25) is 0 Å². The highest BCUT2D eigenvalue weighted by molar-refractivity contribution is 6.16. The molecular formula is C42H26N2O. The van der Waals surface area contributed by atoms with E-state index >= 15 is 0 Å². The fourth-order valence-electron chi connectivity index (χ4n) is 7.33. The maximum Gasteiger partial charge on any atom is 0.152 e. The maximum atomic E-state index is 6.34. The van der Waals surface area contributed by atoms with Crippen LogP contribution in [0.5, 0.6) is 11.5 Å². The van der Waals surface area contributed by atoms with Crippen molar-refractivity contribution in [2.75, 3.05) is 0 Å². The van der Waals surface area contributed by atoms with E-state index in [9.17, 15) is 0 Å². The molecule has 3 heteroatoms. The molecule has 45 heavy (non-hydrogen) atoms. The Balaban J connectivity index is 1.07. The Hall–Kier alpha value is -6.06.